The molecule has 2 N–H and O–H groups in total. The Morgan fingerprint density at radius 1 is 1.07 bits per heavy atom. The van der Waals surface area contributed by atoms with Crippen molar-refractivity contribution >= 4 is 17.6 Å². The molecule has 9 nitrogen and oxygen atoms in total. The molecule has 0 aliphatic carbocycles. The molecular weight excluding hydrogens is 532 g/mol. The van der Waals surface area contributed by atoms with E-state index >= 15 is 0 Å². The van der Waals surface area contributed by atoms with Gasteiger partial charge in [0.2, 0.25) is 0 Å². The fourth-order valence-corrected chi connectivity index (χ4v) is 4.25. The van der Waals surface area contributed by atoms with E-state index in [4.69, 9.17) is 14.7 Å². The summed E-state index contributed by atoms with van der Waals surface area (Å²) in [5.74, 6) is -1.66. The highest BCUT2D eigenvalue weighted by Gasteiger charge is 2.22. The summed E-state index contributed by atoms with van der Waals surface area (Å²) in [5, 5.41) is 14.5. The van der Waals surface area contributed by atoms with Crippen LogP contribution in [0.5, 0.6) is 5.75 Å². The van der Waals surface area contributed by atoms with E-state index in [0.29, 0.717) is 17.8 Å². The number of hydrogen-bond acceptors (Lipinski definition) is 6. The molecule has 0 aliphatic heterocycles. The molecule has 0 bridgehead atoms. The van der Waals surface area contributed by atoms with E-state index in [-0.39, 0.29) is 43.2 Å². The standard InChI is InChI=1S/C30H29F2N5O4/c1-19-14-26(40-18-23-24(31)11-6-12-25(23)32)28-35-20(2)27(37(28)16-19)29(38)34-15-22(10-7-13-33)36-30(39)41-17-21-8-4-3-5-9-21/h3-6,8-9,11-12,14,16,22H,7,10,15,17-18H2,1-2H3,(H,34,38)(H,36,39). The number of aryl methyl sites for hydroxylation is 2. The van der Waals surface area contributed by atoms with Gasteiger partial charge in [0.05, 0.1) is 23.4 Å². The second-order valence-corrected chi connectivity index (χ2v) is 9.42. The van der Waals surface area contributed by atoms with Crippen LogP contribution in [-0.4, -0.2) is 34.0 Å². The van der Waals surface area contributed by atoms with Gasteiger partial charge in [-0.25, -0.2) is 18.6 Å². The number of nitriles is 1. The summed E-state index contributed by atoms with van der Waals surface area (Å²) in [5.41, 5.74) is 2.27. The Kier molecular flexibility index (Phi) is 9.47. The van der Waals surface area contributed by atoms with Gasteiger partial charge < -0.3 is 20.1 Å². The number of benzene rings is 2. The fourth-order valence-electron chi connectivity index (χ4n) is 4.25. The first kappa shape index (κ1) is 29.0. The van der Waals surface area contributed by atoms with E-state index in [1.54, 1.807) is 30.5 Å². The second kappa shape index (κ2) is 13.4. The van der Waals surface area contributed by atoms with Gasteiger partial charge in [0.25, 0.3) is 5.91 Å². The predicted molar refractivity (Wildman–Crippen MR) is 146 cm³/mol. The summed E-state index contributed by atoms with van der Waals surface area (Å²) >= 11 is 0. The maximum Gasteiger partial charge on any atom is 0.407 e. The van der Waals surface area contributed by atoms with Crippen LogP contribution in [0.25, 0.3) is 5.65 Å². The topological polar surface area (TPSA) is 118 Å². The molecule has 0 radical (unpaired) electrons. The number of alkyl carbamates (subject to hydrolysis) is 1. The third-order valence-electron chi connectivity index (χ3n) is 6.29. The lowest BCUT2D eigenvalue weighted by Gasteiger charge is -2.18. The van der Waals surface area contributed by atoms with Crippen LogP contribution in [0.4, 0.5) is 13.6 Å². The number of hydrogen-bond donors (Lipinski definition) is 2. The first-order chi connectivity index (χ1) is 19.8. The van der Waals surface area contributed by atoms with Crippen LogP contribution in [0.2, 0.25) is 0 Å². The zero-order chi connectivity index (χ0) is 29.4. The number of halogens is 2. The molecule has 0 saturated heterocycles. The number of aromatic nitrogens is 2. The van der Waals surface area contributed by atoms with E-state index in [2.05, 4.69) is 15.6 Å². The van der Waals surface area contributed by atoms with Crippen LogP contribution in [0.1, 0.15) is 45.7 Å². The number of nitrogens with one attached hydrogen (secondary N) is 2. The van der Waals surface area contributed by atoms with E-state index in [1.165, 1.54) is 6.07 Å². The lowest BCUT2D eigenvalue weighted by Crippen LogP contribution is -2.44. The Balaban J connectivity index is 1.46. The summed E-state index contributed by atoms with van der Waals surface area (Å²) in [6.45, 7) is 3.20. The van der Waals surface area contributed by atoms with Gasteiger partial charge in [-0.15, -0.1) is 0 Å². The van der Waals surface area contributed by atoms with E-state index in [1.807, 2.05) is 36.4 Å². The first-order valence-corrected chi connectivity index (χ1v) is 12.9. The molecule has 2 amide bonds. The molecule has 1 unspecified atom stereocenters. The van der Waals surface area contributed by atoms with E-state index in [0.717, 1.165) is 23.3 Å². The molecule has 212 valence electrons. The first-order valence-electron chi connectivity index (χ1n) is 12.9. The van der Waals surface area contributed by atoms with Crippen molar-refractivity contribution in [1.29, 1.82) is 5.26 Å². The Morgan fingerprint density at radius 2 is 1.80 bits per heavy atom. The van der Waals surface area contributed by atoms with Gasteiger partial charge in [-0.05, 0) is 49.6 Å². The highest BCUT2D eigenvalue weighted by Crippen LogP contribution is 2.26. The maximum atomic E-state index is 14.1. The van der Waals surface area contributed by atoms with Gasteiger partial charge in [-0.2, -0.15) is 5.26 Å². The lowest BCUT2D eigenvalue weighted by atomic mass is 10.1. The average molecular weight is 562 g/mol. The number of carbonyl (C=O) groups is 2. The molecular formula is C30H29F2N5O4. The lowest BCUT2D eigenvalue weighted by molar-refractivity contribution is 0.0938. The molecule has 0 aliphatic rings. The van der Waals surface area contributed by atoms with Crippen LogP contribution in [0.15, 0.2) is 60.8 Å². The number of imidazole rings is 1. The van der Waals surface area contributed by atoms with Gasteiger partial charge in [0, 0.05) is 19.2 Å². The van der Waals surface area contributed by atoms with Crippen molar-refractivity contribution in [2.45, 2.75) is 45.9 Å². The Labute approximate surface area is 235 Å². The highest BCUT2D eigenvalue weighted by atomic mass is 19.1. The Hall–Kier alpha value is -4.98. The number of ether oxygens (including phenoxy) is 2. The SMILES string of the molecule is Cc1cc(OCc2c(F)cccc2F)c2nc(C)c(C(=O)NCC(CCC#N)NC(=O)OCc3ccccc3)n2c1. The molecule has 11 heteroatoms. The number of fused-ring (bicyclic) bond motifs is 1. The summed E-state index contributed by atoms with van der Waals surface area (Å²) in [7, 11) is 0. The quantitative estimate of drug-likeness (QED) is 0.262. The van der Waals surface area contributed by atoms with Crippen LogP contribution in [-0.2, 0) is 18.0 Å². The van der Waals surface area contributed by atoms with E-state index in [9.17, 15) is 18.4 Å². The van der Waals surface area contributed by atoms with Gasteiger partial charge in [-0.3, -0.25) is 9.20 Å². The average Bonchev–Trinajstić information content (AvgIpc) is 3.29. The molecule has 2 heterocycles. The van der Waals surface area contributed by atoms with Crippen molar-refractivity contribution in [3.8, 4) is 11.8 Å². The van der Waals surface area contributed by atoms with Crippen LogP contribution >= 0.6 is 0 Å². The van der Waals surface area contributed by atoms with Crippen LogP contribution in [0.3, 0.4) is 0 Å². The van der Waals surface area contributed by atoms with E-state index < -0.39 is 29.7 Å². The monoisotopic (exact) mass is 561 g/mol. The Morgan fingerprint density at radius 3 is 2.51 bits per heavy atom. The molecule has 0 spiro atoms. The zero-order valence-electron chi connectivity index (χ0n) is 22.6. The minimum atomic E-state index is -0.725. The second-order valence-electron chi connectivity index (χ2n) is 9.42. The van der Waals surface area contributed by atoms with Crippen molar-refractivity contribution < 1.29 is 27.8 Å². The fraction of sp³-hybridized carbons (Fsp3) is 0.267. The molecule has 4 rings (SSSR count). The van der Waals surface area contributed by atoms with Crippen molar-refractivity contribution in [3.63, 3.8) is 0 Å². The molecule has 41 heavy (non-hydrogen) atoms. The molecule has 0 saturated carbocycles. The Bertz CT molecular complexity index is 1560. The summed E-state index contributed by atoms with van der Waals surface area (Å²) < 4.78 is 40.8. The number of carbonyl (C=O) groups excluding carboxylic acids is 2. The number of nitrogens with zero attached hydrogens (tertiary/aromatic N) is 3. The molecule has 4 aromatic rings. The van der Waals surface area contributed by atoms with Gasteiger partial charge in [-0.1, -0.05) is 36.4 Å². The van der Waals surface area contributed by atoms with Crippen LogP contribution < -0.4 is 15.4 Å². The summed E-state index contributed by atoms with van der Waals surface area (Å²) in [6.07, 6.45) is 1.50. The minimum Gasteiger partial charge on any atom is -0.485 e. The predicted octanol–water partition coefficient (Wildman–Crippen LogP) is 5.14. The maximum absolute atomic E-state index is 14.1. The summed E-state index contributed by atoms with van der Waals surface area (Å²) in [4.78, 5) is 30.1. The van der Waals surface area contributed by atoms with Crippen molar-refractivity contribution in [1.82, 2.24) is 20.0 Å². The van der Waals surface area contributed by atoms with Crippen LogP contribution in [0, 0.1) is 36.8 Å². The van der Waals surface area contributed by atoms with Gasteiger partial charge >= 0.3 is 6.09 Å². The van der Waals surface area contributed by atoms with Gasteiger partial charge in [0.15, 0.2) is 11.4 Å². The number of rotatable bonds is 11. The normalized spacial score (nSPS) is 11.5. The largest absolute Gasteiger partial charge is 0.485 e. The van der Waals surface area contributed by atoms with Crippen molar-refractivity contribution in [2.75, 3.05) is 6.54 Å². The summed E-state index contributed by atoms with van der Waals surface area (Å²) in [6, 6.07) is 15.9. The minimum absolute atomic E-state index is 0.0371. The molecule has 1 atom stereocenters. The number of pyridine rings is 1. The smallest absolute Gasteiger partial charge is 0.407 e. The van der Waals surface area contributed by atoms with Crippen molar-refractivity contribution in [3.05, 3.63) is 101 Å². The van der Waals surface area contributed by atoms with Gasteiger partial charge in [0.1, 0.15) is 30.5 Å². The molecule has 2 aromatic heterocycles. The molecule has 2 aromatic carbocycles. The van der Waals surface area contributed by atoms with Crippen molar-refractivity contribution in [2.24, 2.45) is 0 Å². The zero-order valence-corrected chi connectivity index (χ0v) is 22.6. The third-order valence-corrected chi connectivity index (χ3v) is 6.29. The highest BCUT2D eigenvalue weighted by molar-refractivity contribution is 5.95. The third kappa shape index (κ3) is 7.36. The number of amides is 2. The molecule has 0 fully saturated rings.